The summed E-state index contributed by atoms with van der Waals surface area (Å²) in [5, 5.41) is 15.8. The molecule has 0 N–H and O–H groups in total. The summed E-state index contributed by atoms with van der Waals surface area (Å²) in [4.78, 5) is 0. The first kappa shape index (κ1) is 30.2. The second-order valence-electron chi connectivity index (χ2n) is 14.4. The number of hydrogen-bond acceptors (Lipinski definition) is 2. The average Bonchev–Trinajstić information content (AvgIpc) is 3.81. The van der Waals surface area contributed by atoms with Crippen LogP contribution in [0.5, 0.6) is 0 Å². The molecule has 10 aromatic carbocycles. The summed E-state index contributed by atoms with van der Waals surface area (Å²) in [6.07, 6.45) is 0. The molecule has 2 heterocycles. The van der Waals surface area contributed by atoms with E-state index in [1.165, 1.54) is 117 Å². The van der Waals surface area contributed by atoms with E-state index in [2.05, 4.69) is 182 Å². The summed E-state index contributed by atoms with van der Waals surface area (Å²) in [5.41, 5.74) is 7.55. The zero-order valence-corrected chi connectivity index (χ0v) is 30.8. The zero-order valence-electron chi connectivity index (χ0n) is 29.1. The fourth-order valence-electron chi connectivity index (χ4n) is 8.96. The van der Waals surface area contributed by atoms with Crippen molar-refractivity contribution < 1.29 is 0 Å². The van der Waals surface area contributed by atoms with Gasteiger partial charge in [-0.25, -0.2) is 0 Å². The van der Waals surface area contributed by atoms with Crippen molar-refractivity contribution in [2.45, 2.75) is 0 Å². The molecule has 0 aliphatic heterocycles. The quantitative estimate of drug-likeness (QED) is 0.160. The largest absolute Gasteiger partial charge is 0.135 e. The van der Waals surface area contributed by atoms with Gasteiger partial charge < -0.3 is 0 Å². The Bertz CT molecular complexity index is 3430. The van der Waals surface area contributed by atoms with E-state index < -0.39 is 0 Å². The molecule has 0 aliphatic carbocycles. The molecule has 0 radical (unpaired) electrons. The lowest BCUT2D eigenvalue weighted by molar-refractivity contribution is 1.63. The molecule has 0 bridgehead atoms. The number of benzene rings is 10. The van der Waals surface area contributed by atoms with Crippen molar-refractivity contribution in [3.05, 3.63) is 182 Å². The van der Waals surface area contributed by atoms with Gasteiger partial charge in [-0.3, -0.25) is 0 Å². The Labute approximate surface area is 319 Å². The molecule has 0 spiro atoms. The molecule has 0 saturated heterocycles. The number of rotatable bonds is 3. The van der Waals surface area contributed by atoms with Crippen LogP contribution in [-0.2, 0) is 0 Å². The van der Waals surface area contributed by atoms with Crippen LogP contribution in [0.3, 0.4) is 0 Å². The maximum absolute atomic E-state index is 2.41. The van der Waals surface area contributed by atoms with E-state index in [4.69, 9.17) is 0 Å². The summed E-state index contributed by atoms with van der Waals surface area (Å²) in [6, 6.07) is 67.7. The Hall–Kier alpha value is -6.32. The lowest BCUT2D eigenvalue weighted by Crippen LogP contribution is -1.91. The predicted molar refractivity (Wildman–Crippen MR) is 239 cm³/mol. The summed E-state index contributed by atoms with van der Waals surface area (Å²) in [5.74, 6) is 0. The maximum atomic E-state index is 2.41. The van der Waals surface area contributed by atoms with E-state index in [0.29, 0.717) is 0 Å². The van der Waals surface area contributed by atoms with Crippen molar-refractivity contribution in [2.75, 3.05) is 0 Å². The van der Waals surface area contributed by atoms with Crippen LogP contribution in [0.2, 0.25) is 0 Å². The van der Waals surface area contributed by atoms with Crippen molar-refractivity contribution in [2.24, 2.45) is 0 Å². The minimum absolute atomic E-state index is 1.23. The van der Waals surface area contributed by atoms with Crippen LogP contribution in [0.1, 0.15) is 0 Å². The molecular weight excluding hydrogens is 689 g/mol. The topological polar surface area (TPSA) is 0 Å². The highest BCUT2D eigenvalue weighted by Gasteiger charge is 2.18. The smallest absolute Gasteiger partial charge is 0.0448 e. The van der Waals surface area contributed by atoms with Gasteiger partial charge in [-0.05, 0) is 107 Å². The minimum Gasteiger partial charge on any atom is -0.135 e. The Morgan fingerprint density at radius 2 is 0.778 bits per heavy atom. The van der Waals surface area contributed by atoms with Crippen molar-refractivity contribution in [3.63, 3.8) is 0 Å². The normalized spacial score (nSPS) is 12.1. The van der Waals surface area contributed by atoms with Gasteiger partial charge in [-0.15, -0.1) is 22.7 Å². The van der Waals surface area contributed by atoms with Crippen LogP contribution in [0.4, 0.5) is 0 Å². The van der Waals surface area contributed by atoms with Crippen LogP contribution in [0.25, 0.3) is 117 Å². The molecule has 250 valence electrons. The summed E-state index contributed by atoms with van der Waals surface area (Å²) in [6.45, 7) is 0. The highest BCUT2D eigenvalue weighted by Crippen LogP contribution is 2.48. The van der Waals surface area contributed by atoms with Crippen LogP contribution in [0, 0.1) is 0 Å². The Kier molecular flexibility index (Phi) is 6.48. The summed E-state index contributed by atoms with van der Waals surface area (Å²) in [7, 11) is 0. The molecule has 0 unspecified atom stereocenters. The first-order valence-electron chi connectivity index (χ1n) is 18.5. The van der Waals surface area contributed by atoms with Gasteiger partial charge >= 0.3 is 0 Å². The molecule has 0 nitrogen and oxygen atoms in total. The fourth-order valence-corrected chi connectivity index (χ4v) is 11.4. The van der Waals surface area contributed by atoms with Gasteiger partial charge in [-0.2, -0.15) is 0 Å². The Morgan fingerprint density at radius 3 is 1.52 bits per heavy atom. The van der Waals surface area contributed by atoms with Gasteiger partial charge in [-0.1, -0.05) is 152 Å². The number of thiophene rings is 2. The summed E-state index contributed by atoms with van der Waals surface area (Å²) >= 11 is 3.84. The molecule has 0 saturated carbocycles. The molecule has 0 aliphatic rings. The van der Waals surface area contributed by atoms with Gasteiger partial charge in [0, 0.05) is 40.3 Å². The molecule has 0 amide bonds. The number of fused-ring (bicyclic) bond motifs is 12. The maximum Gasteiger partial charge on any atom is 0.0448 e. The first-order valence-corrected chi connectivity index (χ1v) is 20.1. The van der Waals surface area contributed by atoms with Crippen LogP contribution in [-0.4, -0.2) is 0 Å². The standard InChI is InChI=1S/C52H30S2/c1-2-11-35-29-37(22-19-31(35)9-1)49-41-15-7-5-13-39(41)48(40-14-6-8-16-42(40)49)34-20-17-32(18-21-34)36-24-26-45-44(30-36)43-25-28-47-51(52(43)54-45)50-38-12-4-3-10-33(38)23-27-46(50)53-47/h1-30H. The van der Waals surface area contributed by atoms with E-state index >= 15 is 0 Å². The predicted octanol–water partition coefficient (Wildman–Crippen LogP) is 16.0. The lowest BCUT2D eigenvalue weighted by atomic mass is 9.85. The zero-order chi connectivity index (χ0) is 35.3. The molecule has 12 rings (SSSR count). The van der Waals surface area contributed by atoms with E-state index in [1.807, 2.05) is 22.7 Å². The van der Waals surface area contributed by atoms with Crippen molar-refractivity contribution in [1.29, 1.82) is 0 Å². The van der Waals surface area contributed by atoms with Gasteiger partial charge in [0.15, 0.2) is 0 Å². The fraction of sp³-hybridized carbons (Fsp3) is 0. The molecule has 0 atom stereocenters. The van der Waals surface area contributed by atoms with Crippen molar-refractivity contribution in [3.8, 4) is 33.4 Å². The van der Waals surface area contributed by atoms with Gasteiger partial charge in [0.05, 0.1) is 0 Å². The van der Waals surface area contributed by atoms with Crippen molar-refractivity contribution in [1.82, 2.24) is 0 Å². The third-order valence-electron chi connectivity index (χ3n) is 11.4. The lowest BCUT2D eigenvalue weighted by Gasteiger charge is -2.18. The molecular formula is C52H30S2. The SMILES string of the molecule is c1ccc2cc(-c3c4ccccc4c(-c4ccc(-c5ccc6sc7c(ccc8sc9ccc%10ccccc%10c9c87)c6c5)cc4)c4ccccc34)ccc2c1. The van der Waals surface area contributed by atoms with E-state index in [1.54, 1.807) is 0 Å². The van der Waals surface area contributed by atoms with Crippen LogP contribution < -0.4 is 0 Å². The third-order valence-corrected chi connectivity index (χ3v) is 13.8. The minimum atomic E-state index is 1.23. The van der Waals surface area contributed by atoms with Gasteiger partial charge in [0.25, 0.3) is 0 Å². The van der Waals surface area contributed by atoms with E-state index in [0.717, 1.165) is 0 Å². The Morgan fingerprint density at radius 1 is 0.259 bits per heavy atom. The second kappa shape index (κ2) is 11.6. The highest BCUT2D eigenvalue weighted by molar-refractivity contribution is 7.30. The third kappa shape index (κ3) is 4.42. The van der Waals surface area contributed by atoms with Crippen molar-refractivity contribution >= 4 is 106 Å². The molecule has 2 heteroatoms. The van der Waals surface area contributed by atoms with E-state index in [9.17, 15) is 0 Å². The molecule has 0 fully saturated rings. The molecule has 54 heavy (non-hydrogen) atoms. The second-order valence-corrected chi connectivity index (χ2v) is 16.5. The monoisotopic (exact) mass is 718 g/mol. The Balaban J connectivity index is 1.00. The van der Waals surface area contributed by atoms with E-state index in [-0.39, 0.29) is 0 Å². The van der Waals surface area contributed by atoms with Gasteiger partial charge in [0.2, 0.25) is 0 Å². The molecule has 12 aromatic rings. The number of hydrogen-bond donors (Lipinski definition) is 0. The van der Waals surface area contributed by atoms with Crippen LogP contribution in [0.15, 0.2) is 182 Å². The van der Waals surface area contributed by atoms with Gasteiger partial charge in [0.1, 0.15) is 0 Å². The summed E-state index contributed by atoms with van der Waals surface area (Å²) < 4.78 is 5.45. The first-order chi connectivity index (χ1) is 26.8. The highest BCUT2D eigenvalue weighted by atomic mass is 32.1. The van der Waals surface area contributed by atoms with Crippen LogP contribution >= 0.6 is 22.7 Å². The average molecular weight is 719 g/mol. The molecule has 2 aromatic heterocycles.